The number of carboxylic acid groups (broad SMARTS) is 1. The molecule has 0 aliphatic heterocycles. The highest BCUT2D eigenvalue weighted by atomic mass is 19.1. The molecule has 2 aromatic rings. The number of carbonyl (C=O) groups is 2. The van der Waals surface area contributed by atoms with Crippen molar-refractivity contribution in [2.24, 2.45) is 0 Å². The molecular weight excluding hydrogens is 411 g/mol. The number of anilines is 2. The predicted molar refractivity (Wildman–Crippen MR) is 131 cm³/mol. The Morgan fingerprint density at radius 3 is 2.12 bits per heavy atom. The number of hydrogen-bond acceptors (Lipinski definition) is 4. The van der Waals surface area contributed by atoms with E-state index in [-0.39, 0.29) is 18.1 Å². The molecule has 0 atom stereocenters. The van der Waals surface area contributed by atoms with Crippen LogP contribution in [0.4, 0.5) is 15.8 Å². The van der Waals surface area contributed by atoms with Gasteiger partial charge >= 0.3 is 5.97 Å². The lowest BCUT2D eigenvalue weighted by molar-refractivity contribution is -0.116. The summed E-state index contributed by atoms with van der Waals surface area (Å²) in [6.45, 7) is 9.43. The van der Waals surface area contributed by atoms with E-state index in [0.29, 0.717) is 18.5 Å². The number of hydrogen-bond donors (Lipinski definition) is 3. The van der Waals surface area contributed by atoms with Crippen molar-refractivity contribution in [1.29, 1.82) is 0 Å². The van der Waals surface area contributed by atoms with Gasteiger partial charge in [-0.05, 0) is 55.7 Å². The molecule has 7 heteroatoms. The van der Waals surface area contributed by atoms with Crippen molar-refractivity contribution in [2.45, 2.75) is 60.3 Å². The molecule has 0 aliphatic carbocycles. The first kappa shape index (κ1) is 31.1. The molecule has 0 aromatic heterocycles. The molecule has 0 heterocycles. The number of carbonyl (C=O) groups excluding carboxylic acids is 1. The molecule has 0 aliphatic rings. The number of nitrogen functional groups attached to an aromatic ring is 1. The van der Waals surface area contributed by atoms with E-state index in [2.05, 4.69) is 5.32 Å². The lowest BCUT2D eigenvalue weighted by atomic mass is 10.1. The lowest BCUT2D eigenvalue weighted by Crippen LogP contribution is -2.12. The molecule has 180 valence electrons. The summed E-state index contributed by atoms with van der Waals surface area (Å²) >= 11 is 0. The Bertz CT molecular complexity index is 780. The van der Waals surface area contributed by atoms with Gasteiger partial charge in [-0.2, -0.15) is 0 Å². The Balaban J connectivity index is 0. The molecule has 2 aromatic carbocycles. The van der Waals surface area contributed by atoms with Gasteiger partial charge in [-0.1, -0.05) is 40.2 Å². The molecule has 0 fully saturated rings. The fourth-order valence-electron chi connectivity index (χ4n) is 2.13. The third-order valence-electron chi connectivity index (χ3n) is 3.79. The summed E-state index contributed by atoms with van der Waals surface area (Å²) in [5.74, 6) is -0.190. The van der Waals surface area contributed by atoms with Crippen molar-refractivity contribution in [2.75, 3.05) is 24.8 Å². The minimum absolute atomic E-state index is 0.0296. The normalized spacial score (nSPS) is 8.97. The number of unbranched alkanes of at least 4 members (excludes halogenated alkanes) is 1. The summed E-state index contributed by atoms with van der Waals surface area (Å²) in [5.41, 5.74) is 7.85. The second kappa shape index (κ2) is 19.8. The monoisotopic (exact) mass is 450 g/mol. The summed E-state index contributed by atoms with van der Waals surface area (Å²) in [6.07, 6.45) is 2.99. The van der Waals surface area contributed by atoms with E-state index < -0.39 is 5.97 Å². The number of nitrogens with one attached hydrogen (secondary N) is 1. The first-order chi connectivity index (χ1) is 15.3. The minimum Gasteiger partial charge on any atom is -0.497 e. The number of halogens is 1. The van der Waals surface area contributed by atoms with Crippen molar-refractivity contribution in [3.05, 3.63) is 53.6 Å². The number of methoxy groups -OCH3 is 1. The van der Waals surface area contributed by atoms with Crippen LogP contribution in [0.15, 0.2) is 42.5 Å². The zero-order valence-corrected chi connectivity index (χ0v) is 20.2. The van der Waals surface area contributed by atoms with Crippen LogP contribution in [0, 0.1) is 6.92 Å². The smallest absolute Gasteiger partial charge is 0.335 e. The Morgan fingerprint density at radius 1 is 1.09 bits per heavy atom. The second-order valence-electron chi connectivity index (χ2n) is 6.45. The van der Waals surface area contributed by atoms with Gasteiger partial charge in [0.25, 0.3) is 0 Å². The van der Waals surface area contributed by atoms with Crippen LogP contribution in [0.3, 0.4) is 0 Å². The number of amides is 1. The number of aryl methyl sites for hydroxylation is 1. The number of ether oxygens (including phenoxy) is 1. The van der Waals surface area contributed by atoms with Crippen molar-refractivity contribution >= 4 is 23.3 Å². The Morgan fingerprint density at radius 2 is 1.72 bits per heavy atom. The van der Waals surface area contributed by atoms with Gasteiger partial charge in [-0.3, -0.25) is 9.18 Å². The molecule has 0 radical (unpaired) electrons. The average molecular weight is 451 g/mol. The second-order valence-corrected chi connectivity index (χ2v) is 6.45. The van der Waals surface area contributed by atoms with Crippen molar-refractivity contribution in [1.82, 2.24) is 0 Å². The van der Waals surface area contributed by atoms with E-state index in [9.17, 15) is 14.0 Å². The lowest BCUT2D eigenvalue weighted by Gasteiger charge is -2.08. The molecule has 4 N–H and O–H groups in total. The Hall–Kier alpha value is -3.09. The number of benzene rings is 2. The number of aromatic carboxylic acids is 1. The van der Waals surface area contributed by atoms with E-state index in [0.717, 1.165) is 29.8 Å². The summed E-state index contributed by atoms with van der Waals surface area (Å²) in [4.78, 5) is 22.3. The summed E-state index contributed by atoms with van der Waals surface area (Å²) in [7, 11) is 1.62. The standard InChI is InChI=1S/C13H17NO3.C7H9NO.C3H7F.C2H6/c1-3-4-5-12(15)14-11-7-6-10(13(16)17)8-9(11)2;1-9-7-4-2-3-6(8)5-7;1-2-3-4;1-2/h6-8H,3-5H2,1-2H3,(H,14,15)(H,16,17);2-5H,8H2,1H3;2-3H2,1H3;1-2H3. The number of rotatable bonds is 7. The fourth-order valence-corrected chi connectivity index (χ4v) is 2.13. The predicted octanol–water partition coefficient (Wildman–Crippen LogP) is 6.49. The highest BCUT2D eigenvalue weighted by Gasteiger charge is 2.07. The first-order valence-corrected chi connectivity index (χ1v) is 10.9. The molecule has 0 saturated heterocycles. The quantitative estimate of drug-likeness (QED) is 0.418. The first-order valence-electron chi connectivity index (χ1n) is 10.9. The van der Waals surface area contributed by atoms with Gasteiger partial charge in [0.2, 0.25) is 5.91 Å². The van der Waals surface area contributed by atoms with Crippen LogP contribution in [0.2, 0.25) is 0 Å². The third-order valence-corrected chi connectivity index (χ3v) is 3.79. The van der Waals surface area contributed by atoms with E-state index in [1.54, 1.807) is 39.2 Å². The number of alkyl halides is 1. The SMILES string of the molecule is CC.CCCCC(=O)Nc1ccc(C(=O)O)cc1C.CCCF.COc1cccc(N)c1. The summed E-state index contributed by atoms with van der Waals surface area (Å²) in [6, 6.07) is 12.0. The van der Waals surface area contributed by atoms with Gasteiger partial charge in [0.15, 0.2) is 0 Å². The fraction of sp³-hybridized carbons (Fsp3) is 0.440. The van der Waals surface area contributed by atoms with Crippen LogP contribution >= 0.6 is 0 Å². The molecule has 2 rings (SSSR count). The van der Waals surface area contributed by atoms with Gasteiger partial charge < -0.3 is 20.9 Å². The maximum atomic E-state index is 11.5. The molecule has 0 saturated carbocycles. The van der Waals surface area contributed by atoms with Gasteiger partial charge in [-0.25, -0.2) is 4.79 Å². The van der Waals surface area contributed by atoms with Crippen LogP contribution < -0.4 is 15.8 Å². The molecular formula is C25H39FN2O4. The van der Waals surface area contributed by atoms with Crippen LogP contribution in [0.1, 0.15) is 69.3 Å². The van der Waals surface area contributed by atoms with E-state index in [1.165, 1.54) is 6.07 Å². The molecule has 0 spiro atoms. The van der Waals surface area contributed by atoms with Crippen LogP contribution in [0.5, 0.6) is 5.75 Å². The maximum Gasteiger partial charge on any atom is 0.335 e. The number of carboxylic acids is 1. The van der Waals surface area contributed by atoms with Crippen molar-refractivity contribution in [3.63, 3.8) is 0 Å². The Kier molecular flexibility index (Phi) is 19.3. The summed E-state index contributed by atoms with van der Waals surface area (Å²) < 4.78 is 15.6. The van der Waals surface area contributed by atoms with Gasteiger partial charge in [0, 0.05) is 23.9 Å². The zero-order valence-electron chi connectivity index (χ0n) is 20.2. The average Bonchev–Trinajstić information content (AvgIpc) is 2.80. The summed E-state index contributed by atoms with van der Waals surface area (Å²) in [5, 5.41) is 11.6. The highest BCUT2D eigenvalue weighted by Crippen LogP contribution is 2.17. The van der Waals surface area contributed by atoms with Gasteiger partial charge in [-0.15, -0.1) is 0 Å². The van der Waals surface area contributed by atoms with Gasteiger partial charge in [0.1, 0.15) is 5.75 Å². The zero-order chi connectivity index (χ0) is 24.9. The maximum absolute atomic E-state index is 11.5. The molecule has 6 nitrogen and oxygen atoms in total. The van der Waals surface area contributed by atoms with Gasteiger partial charge in [0.05, 0.1) is 19.3 Å². The molecule has 32 heavy (non-hydrogen) atoms. The van der Waals surface area contributed by atoms with Crippen LogP contribution in [-0.2, 0) is 4.79 Å². The minimum atomic E-state index is -0.961. The molecule has 0 unspecified atom stereocenters. The van der Waals surface area contributed by atoms with Crippen molar-refractivity contribution in [3.8, 4) is 5.75 Å². The Labute approximate surface area is 192 Å². The molecule has 0 bridgehead atoms. The molecule has 1 amide bonds. The van der Waals surface area contributed by atoms with Crippen molar-refractivity contribution < 1.29 is 23.8 Å². The van der Waals surface area contributed by atoms with Crippen LogP contribution in [-0.4, -0.2) is 30.8 Å². The largest absolute Gasteiger partial charge is 0.497 e. The van der Waals surface area contributed by atoms with Crippen LogP contribution in [0.25, 0.3) is 0 Å². The third kappa shape index (κ3) is 14.8. The van der Waals surface area contributed by atoms with E-state index >= 15 is 0 Å². The van der Waals surface area contributed by atoms with E-state index in [1.807, 2.05) is 39.0 Å². The number of nitrogens with two attached hydrogens (primary N) is 1. The highest BCUT2D eigenvalue weighted by molar-refractivity contribution is 5.93. The van der Waals surface area contributed by atoms with E-state index in [4.69, 9.17) is 15.6 Å². The topological polar surface area (TPSA) is 102 Å².